The molecule has 8 nitrogen and oxygen atoms in total. The standard InChI is InChI=1S/C16H14N6O2/c1-10(13-19-16(23)21-20-13)22-8-7-17-14(22)12-9-24-15(18-12)11-5-3-2-4-6-11/h2-10H,1H3,(H2,19,20,21,23). The number of imidazole rings is 1. The van der Waals surface area contributed by atoms with E-state index in [0.29, 0.717) is 23.2 Å². The van der Waals surface area contributed by atoms with Crippen molar-refractivity contribution in [1.82, 2.24) is 29.7 Å². The van der Waals surface area contributed by atoms with E-state index < -0.39 is 0 Å². The normalized spacial score (nSPS) is 12.4. The lowest BCUT2D eigenvalue weighted by Gasteiger charge is -2.12. The Balaban J connectivity index is 1.70. The molecule has 0 aliphatic heterocycles. The highest BCUT2D eigenvalue weighted by atomic mass is 16.3. The van der Waals surface area contributed by atoms with Gasteiger partial charge in [0.25, 0.3) is 0 Å². The molecule has 0 bridgehead atoms. The van der Waals surface area contributed by atoms with Gasteiger partial charge < -0.3 is 8.98 Å². The van der Waals surface area contributed by atoms with Crippen LogP contribution in [-0.2, 0) is 0 Å². The number of H-pyrrole nitrogens is 2. The van der Waals surface area contributed by atoms with Crippen molar-refractivity contribution in [1.29, 1.82) is 0 Å². The van der Waals surface area contributed by atoms with Crippen LogP contribution in [0.2, 0.25) is 0 Å². The molecule has 4 rings (SSSR count). The Bertz CT molecular complexity index is 1010. The fourth-order valence-corrected chi connectivity index (χ4v) is 2.53. The molecular formula is C16H14N6O2. The van der Waals surface area contributed by atoms with Crippen LogP contribution in [0.3, 0.4) is 0 Å². The number of benzene rings is 1. The third kappa shape index (κ3) is 2.43. The topological polar surface area (TPSA) is 105 Å². The summed E-state index contributed by atoms with van der Waals surface area (Å²) in [6.45, 7) is 1.91. The van der Waals surface area contributed by atoms with Crippen molar-refractivity contribution in [3.05, 3.63) is 65.3 Å². The molecule has 0 saturated heterocycles. The minimum Gasteiger partial charge on any atom is -0.444 e. The highest BCUT2D eigenvalue weighted by Crippen LogP contribution is 2.26. The molecule has 1 atom stereocenters. The first-order valence-electron chi connectivity index (χ1n) is 7.41. The van der Waals surface area contributed by atoms with Crippen LogP contribution in [-0.4, -0.2) is 29.7 Å². The Kier molecular flexibility index (Phi) is 3.34. The van der Waals surface area contributed by atoms with Gasteiger partial charge in [0, 0.05) is 18.0 Å². The van der Waals surface area contributed by atoms with Crippen molar-refractivity contribution in [3.8, 4) is 23.0 Å². The summed E-state index contributed by atoms with van der Waals surface area (Å²) in [6, 6.07) is 9.44. The number of hydrogen-bond acceptors (Lipinski definition) is 5. The number of rotatable bonds is 4. The summed E-state index contributed by atoms with van der Waals surface area (Å²) in [4.78, 5) is 22.8. The third-order valence-electron chi connectivity index (χ3n) is 3.76. The molecule has 0 spiro atoms. The molecule has 0 aliphatic rings. The largest absolute Gasteiger partial charge is 0.444 e. The lowest BCUT2D eigenvalue weighted by molar-refractivity contribution is 0.573. The summed E-state index contributed by atoms with van der Waals surface area (Å²) in [7, 11) is 0. The second-order valence-corrected chi connectivity index (χ2v) is 5.30. The first-order chi connectivity index (χ1) is 11.7. The van der Waals surface area contributed by atoms with Crippen LogP contribution in [0.25, 0.3) is 23.0 Å². The van der Waals surface area contributed by atoms with Crippen LogP contribution in [0.1, 0.15) is 18.8 Å². The second kappa shape index (κ2) is 5.65. The first kappa shape index (κ1) is 14.2. The molecule has 0 saturated carbocycles. The molecule has 24 heavy (non-hydrogen) atoms. The van der Waals surface area contributed by atoms with E-state index in [1.54, 1.807) is 12.5 Å². The van der Waals surface area contributed by atoms with Crippen molar-refractivity contribution in [2.45, 2.75) is 13.0 Å². The van der Waals surface area contributed by atoms with Crippen LogP contribution in [0, 0.1) is 0 Å². The van der Waals surface area contributed by atoms with Crippen molar-refractivity contribution >= 4 is 0 Å². The molecule has 0 amide bonds. The molecule has 1 unspecified atom stereocenters. The van der Waals surface area contributed by atoms with Gasteiger partial charge in [-0.3, -0.25) is 4.98 Å². The molecule has 0 aliphatic carbocycles. The number of aromatic nitrogens is 6. The SMILES string of the molecule is CC(c1n[nH]c(=O)[nH]1)n1ccnc1-c1coc(-c2ccccc2)n1. The Morgan fingerprint density at radius 1 is 1.25 bits per heavy atom. The molecule has 8 heteroatoms. The number of oxazole rings is 1. The zero-order chi connectivity index (χ0) is 16.5. The minimum atomic E-state index is -0.341. The highest BCUT2D eigenvalue weighted by Gasteiger charge is 2.19. The van der Waals surface area contributed by atoms with E-state index in [4.69, 9.17) is 4.42 Å². The Morgan fingerprint density at radius 3 is 2.83 bits per heavy atom. The van der Waals surface area contributed by atoms with Crippen LogP contribution >= 0.6 is 0 Å². The lowest BCUT2D eigenvalue weighted by atomic mass is 10.2. The van der Waals surface area contributed by atoms with Gasteiger partial charge in [-0.1, -0.05) is 18.2 Å². The predicted molar refractivity (Wildman–Crippen MR) is 86.2 cm³/mol. The van der Waals surface area contributed by atoms with Gasteiger partial charge in [-0.05, 0) is 19.1 Å². The van der Waals surface area contributed by atoms with Gasteiger partial charge >= 0.3 is 5.69 Å². The molecule has 3 aromatic heterocycles. The molecule has 2 N–H and O–H groups in total. The fraction of sp³-hybridized carbons (Fsp3) is 0.125. The average molecular weight is 322 g/mol. The van der Waals surface area contributed by atoms with Crippen LogP contribution in [0.15, 0.2) is 58.2 Å². The van der Waals surface area contributed by atoms with Crippen molar-refractivity contribution in [2.24, 2.45) is 0 Å². The quantitative estimate of drug-likeness (QED) is 0.599. The number of aromatic amines is 2. The summed E-state index contributed by atoms with van der Waals surface area (Å²) >= 11 is 0. The Morgan fingerprint density at radius 2 is 2.08 bits per heavy atom. The number of hydrogen-bond donors (Lipinski definition) is 2. The zero-order valence-electron chi connectivity index (χ0n) is 12.8. The van der Waals surface area contributed by atoms with E-state index >= 15 is 0 Å². The summed E-state index contributed by atoms with van der Waals surface area (Å²) in [5.74, 6) is 1.68. The van der Waals surface area contributed by atoms with Crippen LogP contribution in [0.5, 0.6) is 0 Å². The van der Waals surface area contributed by atoms with Gasteiger partial charge in [-0.2, -0.15) is 5.10 Å². The lowest BCUT2D eigenvalue weighted by Crippen LogP contribution is -2.10. The molecule has 120 valence electrons. The van der Waals surface area contributed by atoms with Gasteiger partial charge in [-0.15, -0.1) is 0 Å². The maximum atomic E-state index is 11.3. The van der Waals surface area contributed by atoms with E-state index in [1.807, 2.05) is 48.0 Å². The van der Waals surface area contributed by atoms with Gasteiger partial charge in [0.15, 0.2) is 11.6 Å². The Labute approximate surface area is 136 Å². The summed E-state index contributed by atoms with van der Waals surface area (Å²) < 4.78 is 7.45. The maximum absolute atomic E-state index is 11.3. The van der Waals surface area contributed by atoms with Gasteiger partial charge in [0.2, 0.25) is 5.89 Å². The van der Waals surface area contributed by atoms with Crippen molar-refractivity contribution in [2.75, 3.05) is 0 Å². The number of nitrogens with zero attached hydrogens (tertiary/aromatic N) is 4. The van der Waals surface area contributed by atoms with E-state index in [-0.39, 0.29) is 11.7 Å². The second-order valence-electron chi connectivity index (χ2n) is 5.30. The maximum Gasteiger partial charge on any atom is 0.340 e. The minimum absolute atomic E-state index is 0.210. The fourth-order valence-electron chi connectivity index (χ4n) is 2.53. The van der Waals surface area contributed by atoms with Gasteiger partial charge in [0.05, 0.1) is 6.04 Å². The van der Waals surface area contributed by atoms with Crippen molar-refractivity contribution < 1.29 is 4.42 Å². The monoisotopic (exact) mass is 322 g/mol. The summed E-state index contributed by atoms with van der Waals surface area (Å²) in [6.07, 6.45) is 5.05. The molecule has 0 fully saturated rings. The molecule has 0 radical (unpaired) electrons. The van der Waals surface area contributed by atoms with Gasteiger partial charge in [0.1, 0.15) is 12.0 Å². The summed E-state index contributed by atoms with van der Waals surface area (Å²) in [5, 5.41) is 6.34. The van der Waals surface area contributed by atoms with Gasteiger partial charge in [-0.25, -0.2) is 19.9 Å². The van der Waals surface area contributed by atoms with E-state index in [0.717, 1.165) is 5.56 Å². The van der Waals surface area contributed by atoms with E-state index in [1.165, 1.54) is 0 Å². The molecule has 1 aromatic carbocycles. The smallest absolute Gasteiger partial charge is 0.340 e. The Hall–Kier alpha value is -3.42. The molecular weight excluding hydrogens is 308 g/mol. The highest BCUT2D eigenvalue weighted by molar-refractivity contribution is 5.58. The van der Waals surface area contributed by atoms with E-state index in [2.05, 4.69) is 25.1 Å². The summed E-state index contributed by atoms with van der Waals surface area (Å²) in [5.41, 5.74) is 1.17. The zero-order valence-corrected chi connectivity index (χ0v) is 12.8. The average Bonchev–Trinajstić information content (AvgIpc) is 3.34. The third-order valence-corrected chi connectivity index (χ3v) is 3.76. The predicted octanol–water partition coefficient (Wildman–Crippen LogP) is 2.23. The van der Waals surface area contributed by atoms with Crippen molar-refractivity contribution in [3.63, 3.8) is 0 Å². The number of nitrogens with one attached hydrogen (secondary N) is 2. The molecule has 3 heterocycles. The molecule has 4 aromatic rings. The first-order valence-corrected chi connectivity index (χ1v) is 7.41. The van der Waals surface area contributed by atoms with Crippen LogP contribution < -0.4 is 5.69 Å². The van der Waals surface area contributed by atoms with Crippen LogP contribution in [0.4, 0.5) is 0 Å². The van der Waals surface area contributed by atoms with E-state index in [9.17, 15) is 4.79 Å².